The van der Waals surface area contributed by atoms with E-state index in [0.29, 0.717) is 35.7 Å². The molecule has 0 fully saturated rings. The van der Waals surface area contributed by atoms with Crippen molar-refractivity contribution in [2.45, 2.75) is 25.9 Å². The third-order valence-corrected chi connectivity index (χ3v) is 5.34. The smallest absolute Gasteiger partial charge is 0.234 e. The topological polar surface area (TPSA) is 78.3 Å². The van der Waals surface area contributed by atoms with Crippen LogP contribution in [0.2, 0.25) is 0 Å². The van der Waals surface area contributed by atoms with Crippen LogP contribution >= 0.6 is 11.8 Å². The first-order valence-electron chi connectivity index (χ1n) is 10.2. The summed E-state index contributed by atoms with van der Waals surface area (Å²) in [6.45, 7) is 7.36. The van der Waals surface area contributed by atoms with E-state index < -0.39 is 0 Å². The molecule has 0 aliphatic rings. The molecule has 0 atom stereocenters. The summed E-state index contributed by atoms with van der Waals surface area (Å²) in [5, 5.41) is 12.1. The second-order valence-electron chi connectivity index (χ2n) is 7.36. The number of carbonyl (C=O) groups excluding carboxylic acids is 1. The Morgan fingerprint density at radius 1 is 1.10 bits per heavy atom. The molecule has 0 saturated carbocycles. The van der Waals surface area contributed by atoms with E-state index in [1.165, 1.54) is 11.8 Å². The third-order valence-electron chi connectivity index (χ3n) is 4.32. The maximum Gasteiger partial charge on any atom is 0.234 e. The lowest BCUT2D eigenvalue weighted by atomic mass is 10.2. The van der Waals surface area contributed by atoms with Gasteiger partial charge in [0, 0.05) is 12.6 Å². The van der Waals surface area contributed by atoms with Crippen LogP contribution in [-0.4, -0.2) is 39.6 Å². The lowest BCUT2D eigenvalue weighted by Crippen LogP contribution is -2.15. The minimum Gasteiger partial charge on any atom is -0.493 e. The van der Waals surface area contributed by atoms with Gasteiger partial charge < -0.3 is 19.4 Å². The molecule has 0 aliphatic carbocycles. The molecule has 0 aliphatic heterocycles. The summed E-state index contributed by atoms with van der Waals surface area (Å²) in [5.74, 6) is 2.79. The largest absolute Gasteiger partial charge is 0.493 e. The van der Waals surface area contributed by atoms with Gasteiger partial charge in [0.25, 0.3) is 0 Å². The van der Waals surface area contributed by atoms with Crippen molar-refractivity contribution >= 4 is 23.4 Å². The van der Waals surface area contributed by atoms with Crippen LogP contribution in [0.25, 0.3) is 11.4 Å². The Bertz CT molecular complexity index is 1000. The summed E-state index contributed by atoms with van der Waals surface area (Å²) < 4.78 is 13.2. The summed E-state index contributed by atoms with van der Waals surface area (Å²) in [7, 11) is 1.89. The quantitative estimate of drug-likeness (QED) is 0.463. The van der Waals surface area contributed by atoms with Gasteiger partial charge in [-0.2, -0.15) is 0 Å². The third kappa shape index (κ3) is 6.24. The summed E-state index contributed by atoms with van der Waals surface area (Å²) in [4.78, 5) is 12.4. The first-order valence-corrected chi connectivity index (χ1v) is 11.2. The number of rotatable bonds is 10. The fourth-order valence-corrected chi connectivity index (χ4v) is 3.53. The van der Waals surface area contributed by atoms with Crippen molar-refractivity contribution in [1.29, 1.82) is 0 Å². The van der Waals surface area contributed by atoms with Gasteiger partial charge >= 0.3 is 0 Å². The van der Waals surface area contributed by atoms with Crippen molar-refractivity contribution < 1.29 is 14.3 Å². The molecule has 0 saturated heterocycles. The first kappa shape index (κ1) is 22.7. The molecule has 1 heterocycles. The van der Waals surface area contributed by atoms with Crippen LogP contribution in [0, 0.1) is 5.92 Å². The zero-order valence-electron chi connectivity index (χ0n) is 18.3. The number of benzene rings is 2. The van der Waals surface area contributed by atoms with Crippen LogP contribution in [0.4, 0.5) is 5.69 Å². The van der Waals surface area contributed by atoms with Crippen molar-refractivity contribution in [3.05, 3.63) is 48.5 Å². The fourth-order valence-electron chi connectivity index (χ4n) is 2.82. The van der Waals surface area contributed by atoms with Gasteiger partial charge in [-0.3, -0.25) is 4.79 Å². The van der Waals surface area contributed by atoms with Gasteiger partial charge in [-0.15, -0.1) is 10.2 Å². The lowest BCUT2D eigenvalue weighted by Gasteiger charge is -2.11. The summed E-state index contributed by atoms with van der Waals surface area (Å²) in [5.41, 5.74) is 1.60. The highest BCUT2D eigenvalue weighted by molar-refractivity contribution is 7.99. The van der Waals surface area contributed by atoms with E-state index in [9.17, 15) is 4.79 Å². The van der Waals surface area contributed by atoms with Gasteiger partial charge in [0.1, 0.15) is 11.5 Å². The number of ether oxygens (including phenoxy) is 2. The van der Waals surface area contributed by atoms with Gasteiger partial charge in [0.15, 0.2) is 11.0 Å². The molecule has 1 N–H and O–H groups in total. The van der Waals surface area contributed by atoms with Crippen LogP contribution < -0.4 is 14.8 Å². The number of thioether (sulfide) groups is 1. The van der Waals surface area contributed by atoms with Gasteiger partial charge in [0.05, 0.1) is 24.7 Å². The van der Waals surface area contributed by atoms with E-state index in [1.54, 1.807) is 0 Å². The van der Waals surface area contributed by atoms with E-state index in [4.69, 9.17) is 9.47 Å². The molecule has 0 unspecified atom stereocenters. The Labute approximate surface area is 187 Å². The molecular formula is C23H28N4O3S. The normalized spacial score (nSPS) is 10.9. The molecule has 0 spiro atoms. The van der Waals surface area contributed by atoms with Crippen molar-refractivity contribution in [1.82, 2.24) is 14.8 Å². The number of hydrogen-bond donors (Lipinski definition) is 1. The summed E-state index contributed by atoms with van der Waals surface area (Å²) >= 11 is 1.34. The molecule has 3 rings (SSSR count). The average molecular weight is 441 g/mol. The van der Waals surface area contributed by atoms with Crippen LogP contribution in [0.3, 0.4) is 0 Å². The minimum absolute atomic E-state index is 0.131. The molecule has 1 aromatic heterocycles. The lowest BCUT2D eigenvalue weighted by molar-refractivity contribution is -0.113. The average Bonchev–Trinajstić information content (AvgIpc) is 3.13. The van der Waals surface area contributed by atoms with E-state index in [-0.39, 0.29) is 11.7 Å². The van der Waals surface area contributed by atoms with Crippen molar-refractivity contribution in [2.24, 2.45) is 13.0 Å². The van der Waals surface area contributed by atoms with Crippen LogP contribution in [0.1, 0.15) is 20.8 Å². The Kier molecular flexibility index (Phi) is 7.94. The predicted octanol–water partition coefficient (Wildman–Crippen LogP) is 4.65. The first-order chi connectivity index (χ1) is 15.0. The van der Waals surface area contributed by atoms with Crippen molar-refractivity contribution in [2.75, 3.05) is 24.3 Å². The summed E-state index contributed by atoms with van der Waals surface area (Å²) in [6.07, 6.45) is 0. The Hall–Kier alpha value is -3.00. The molecule has 1 amide bonds. The Morgan fingerprint density at radius 3 is 2.55 bits per heavy atom. The van der Waals surface area contributed by atoms with Gasteiger partial charge in [-0.25, -0.2) is 0 Å². The monoisotopic (exact) mass is 440 g/mol. The Morgan fingerprint density at radius 2 is 1.84 bits per heavy atom. The highest BCUT2D eigenvalue weighted by Crippen LogP contribution is 2.26. The van der Waals surface area contributed by atoms with Crippen molar-refractivity contribution in [3.63, 3.8) is 0 Å². The van der Waals surface area contributed by atoms with Crippen LogP contribution in [-0.2, 0) is 11.8 Å². The number of amides is 1. The highest BCUT2D eigenvalue weighted by atomic mass is 32.2. The highest BCUT2D eigenvalue weighted by Gasteiger charge is 2.14. The maximum atomic E-state index is 12.4. The zero-order valence-corrected chi connectivity index (χ0v) is 19.1. The van der Waals surface area contributed by atoms with E-state index in [1.807, 2.05) is 67.1 Å². The van der Waals surface area contributed by atoms with Gasteiger partial charge in [-0.1, -0.05) is 37.7 Å². The molecule has 3 aromatic rings. The molecule has 7 nitrogen and oxygen atoms in total. The van der Waals surface area contributed by atoms with Crippen molar-refractivity contribution in [3.8, 4) is 22.9 Å². The zero-order chi connectivity index (χ0) is 22.2. The second-order valence-corrected chi connectivity index (χ2v) is 8.30. The molecule has 31 heavy (non-hydrogen) atoms. The van der Waals surface area contributed by atoms with Gasteiger partial charge in [0.2, 0.25) is 5.91 Å². The minimum atomic E-state index is -0.131. The number of para-hydroxylation sites is 2. The molecule has 0 bridgehead atoms. The molecule has 164 valence electrons. The van der Waals surface area contributed by atoms with Gasteiger partial charge in [-0.05, 0) is 49.2 Å². The second kappa shape index (κ2) is 10.9. The predicted molar refractivity (Wildman–Crippen MR) is 124 cm³/mol. The molecular weight excluding hydrogens is 412 g/mol. The fraction of sp³-hybridized carbons (Fsp3) is 0.348. The molecule has 0 radical (unpaired) electrons. The van der Waals surface area contributed by atoms with E-state index in [2.05, 4.69) is 29.4 Å². The standard InChI is InChI=1S/C23H28N4O3S/c1-5-29-20-9-7-6-8-19(20)24-21(28)15-31-23-26-25-22(27(23)4)17-10-12-18(13-11-17)30-14-16(2)3/h6-13,16H,5,14-15H2,1-4H3,(H,24,28). The number of hydrogen-bond acceptors (Lipinski definition) is 6. The van der Waals surface area contributed by atoms with E-state index in [0.717, 1.165) is 17.1 Å². The number of anilines is 1. The maximum absolute atomic E-state index is 12.4. The van der Waals surface area contributed by atoms with Crippen LogP contribution in [0.5, 0.6) is 11.5 Å². The molecule has 2 aromatic carbocycles. The van der Waals surface area contributed by atoms with E-state index >= 15 is 0 Å². The number of aromatic nitrogens is 3. The SMILES string of the molecule is CCOc1ccccc1NC(=O)CSc1nnc(-c2ccc(OCC(C)C)cc2)n1C. The number of nitrogens with one attached hydrogen (secondary N) is 1. The summed E-state index contributed by atoms with van der Waals surface area (Å²) in [6, 6.07) is 15.2. The molecule has 8 heteroatoms. The number of carbonyl (C=O) groups is 1. The number of nitrogens with zero attached hydrogens (tertiary/aromatic N) is 3. The Balaban J connectivity index is 1.60. The van der Waals surface area contributed by atoms with Crippen LogP contribution in [0.15, 0.2) is 53.7 Å².